The van der Waals surface area contributed by atoms with Crippen molar-refractivity contribution in [3.63, 3.8) is 0 Å². The van der Waals surface area contributed by atoms with Gasteiger partial charge in [0.05, 0.1) is 10.7 Å². The third-order valence-corrected chi connectivity index (χ3v) is 5.78. The van der Waals surface area contributed by atoms with E-state index in [0.717, 1.165) is 17.1 Å². The van der Waals surface area contributed by atoms with Crippen molar-refractivity contribution in [1.82, 2.24) is 14.9 Å². The maximum atomic E-state index is 13.2. The average molecular weight is 475 g/mol. The fraction of sp³-hybridized carbons (Fsp3) is 0.261. The SMILES string of the molecule is CC(Oc1ccc(Cl)cc1Cl)C(=O)N1CCN(c2cc(-c3ccc(F)cc3)ncn2)CC1. The second kappa shape index (κ2) is 9.71. The van der Waals surface area contributed by atoms with Gasteiger partial charge in [-0.3, -0.25) is 4.79 Å². The minimum absolute atomic E-state index is 0.106. The van der Waals surface area contributed by atoms with Crippen molar-refractivity contribution in [3.8, 4) is 17.0 Å². The van der Waals surface area contributed by atoms with Gasteiger partial charge >= 0.3 is 0 Å². The Bertz CT molecular complexity index is 1110. The van der Waals surface area contributed by atoms with Gasteiger partial charge in [-0.1, -0.05) is 23.2 Å². The number of nitrogens with zero attached hydrogens (tertiary/aromatic N) is 4. The largest absolute Gasteiger partial charge is 0.479 e. The van der Waals surface area contributed by atoms with Gasteiger partial charge in [0, 0.05) is 42.8 Å². The molecule has 166 valence electrons. The standard InChI is InChI=1S/C23H21Cl2FN4O2/c1-15(32-21-7-4-17(24)12-19(21)25)23(31)30-10-8-29(9-11-30)22-13-20(27-14-28-22)16-2-5-18(26)6-3-16/h2-7,12-15H,8-11H2,1H3. The number of anilines is 1. The van der Waals surface area contributed by atoms with E-state index in [0.29, 0.717) is 42.0 Å². The minimum atomic E-state index is -0.677. The molecule has 2 aromatic carbocycles. The summed E-state index contributed by atoms with van der Waals surface area (Å²) in [5.41, 5.74) is 1.53. The lowest BCUT2D eigenvalue weighted by Crippen LogP contribution is -2.52. The van der Waals surface area contributed by atoms with Crippen molar-refractivity contribution in [2.75, 3.05) is 31.1 Å². The summed E-state index contributed by atoms with van der Waals surface area (Å²) in [4.78, 5) is 25.4. The van der Waals surface area contributed by atoms with Crippen molar-refractivity contribution in [2.45, 2.75) is 13.0 Å². The number of benzene rings is 2. The molecule has 1 fully saturated rings. The van der Waals surface area contributed by atoms with Crippen molar-refractivity contribution in [2.24, 2.45) is 0 Å². The molecule has 0 aliphatic carbocycles. The van der Waals surface area contributed by atoms with Gasteiger partial charge in [-0.15, -0.1) is 0 Å². The van der Waals surface area contributed by atoms with Gasteiger partial charge in [0.1, 0.15) is 23.7 Å². The smallest absolute Gasteiger partial charge is 0.263 e. The molecule has 32 heavy (non-hydrogen) atoms. The molecular weight excluding hydrogens is 454 g/mol. The van der Waals surface area contributed by atoms with Gasteiger partial charge in [0.25, 0.3) is 5.91 Å². The van der Waals surface area contributed by atoms with E-state index in [1.165, 1.54) is 18.5 Å². The van der Waals surface area contributed by atoms with Gasteiger partial charge < -0.3 is 14.5 Å². The second-order valence-corrected chi connectivity index (χ2v) is 8.26. The lowest BCUT2D eigenvalue weighted by molar-refractivity contribution is -0.138. The number of amides is 1. The lowest BCUT2D eigenvalue weighted by Gasteiger charge is -2.36. The maximum absolute atomic E-state index is 13.2. The van der Waals surface area contributed by atoms with Gasteiger partial charge in [0.2, 0.25) is 0 Å². The number of rotatable bonds is 5. The molecule has 4 rings (SSSR count). The van der Waals surface area contributed by atoms with Crippen LogP contribution in [0.15, 0.2) is 54.9 Å². The quantitative estimate of drug-likeness (QED) is 0.535. The minimum Gasteiger partial charge on any atom is -0.479 e. The number of ether oxygens (including phenoxy) is 1. The van der Waals surface area contributed by atoms with Crippen LogP contribution in [0.4, 0.5) is 10.2 Å². The van der Waals surface area contributed by atoms with Crippen LogP contribution in [-0.4, -0.2) is 53.1 Å². The number of hydrogen-bond donors (Lipinski definition) is 0. The van der Waals surface area contributed by atoms with E-state index >= 15 is 0 Å². The zero-order chi connectivity index (χ0) is 22.7. The number of carbonyl (C=O) groups excluding carboxylic acids is 1. The Labute approximate surface area is 195 Å². The first-order valence-corrected chi connectivity index (χ1v) is 10.9. The Kier molecular flexibility index (Phi) is 6.77. The van der Waals surface area contributed by atoms with Crippen LogP contribution in [0.5, 0.6) is 5.75 Å². The van der Waals surface area contributed by atoms with E-state index in [4.69, 9.17) is 27.9 Å². The highest BCUT2D eigenvalue weighted by molar-refractivity contribution is 6.35. The molecule has 6 nitrogen and oxygen atoms in total. The molecule has 0 spiro atoms. The van der Waals surface area contributed by atoms with Crippen LogP contribution >= 0.6 is 23.2 Å². The van der Waals surface area contributed by atoms with E-state index in [1.807, 2.05) is 6.07 Å². The lowest BCUT2D eigenvalue weighted by atomic mass is 10.1. The van der Waals surface area contributed by atoms with E-state index in [-0.39, 0.29) is 11.7 Å². The van der Waals surface area contributed by atoms with Crippen LogP contribution in [0, 0.1) is 5.82 Å². The summed E-state index contributed by atoms with van der Waals surface area (Å²) in [7, 11) is 0. The molecule has 1 amide bonds. The Morgan fingerprint density at radius 1 is 1.03 bits per heavy atom. The molecule has 1 aliphatic rings. The summed E-state index contributed by atoms with van der Waals surface area (Å²) in [6.45, 7) is 4.03. The molecule has 9 heteroatoms. The molecule has 1 aromatic heterocycles. The van der Waals surface area contributed by atoms with E-state index in [2.05, 4.69) is 14.9 Å². The molecule has 1 atom stereocenters. The monoisotopic (exact) mass is 474 g/mol. The molecular formula is C23H21Cl2FN4O2. The fourth-order valence-corrected chi connectivity index (χ4v) is 3.98. The van der Waals surface area contributed by atoms with Crippen molar-refractivity contribution < 1.29 is 13.9 Å². The van der Waals surface area contributed by atoms with Gasteiger partial charge in [-0.2, -0.15) is 0 Å². The van der Waals surface area contributed by atoms with E-state index in [9.17, 15) is 9.18 Å². The fourth-order valence-electron chi connectivity index (χ4n) is 3.52. The van der Waals surface area contributed by atoms with Crippen molar-refractivity contribution in [1.29, 1.82) is 0 Å². The first-order chi connectivity index (χ1) is 15.4. The predicted octanol–water partition coefficient (Wildman–Crippen LogP) is 4.71. The van der Waals surface area contributed by atoms with Crippen molar-refractivity contribution >= 4 is 34.9 Å². The number of carbonyl (C=O) groups is 1. The topological polar surface area (TPSA) is 58.6 Å². The second-order valence-electron chi connectivity index (χ2n) is 7.42. The normalized spacial score (nSPS) is 14.9. The van der Waals surface area contributed by atoms with E-state index < -0.39 is 6.10 Å². The Morgan fingerprint density at radius 3 is 2.44 bits per heavy atom. The molecule has 2 heterocycles. The predicted molar refractivity (Wildman–Crippen MR) is 123 cm³/mol. The Balaban J connectivity index is 1.37. The maximum Gasteiger partial charge on any atom is 0.263 e. The molecule has 0 N–H and O–H groups in total. The van der Waals surface area contributed by atoms with Crippen molar-refractivity contribution in [3.05, 3.63) is 70.7 Å². The highest BCUT2D eigenvalue weighted by Crippen LogP contribution is 2.29. The third-order valence-electron chi connectivity index (χ3n) is 5.25. The summed E-state index contributed by atoms with van der Waals surface area (Å²) in [6.07, 6.45) is 0.821. The number of aromatic nitrogens is 2. The summed E-state index contributed by atoms with van der Waals surface area (Å²) in [6, 6.07) is 13.0. The molecule has 0 radical (unpaired) electrons. The summed E-state index contributed by atoms with van der Waals surface area (Å²) in [5, 5.41) is 0.868. The van der Waals surface area contributed by atoms with Gasteiger partial charge in [-0.05, 0) is 49.4 Å². The van der Waals surface area contributed by atoms with Crippen LogP contribution in [0.3, 0.4) is 0 Å². The number of hydrogen-bond acceptors (Lipinski definition) is 5. The first-order valence-electron chi connectivity index (χ1n) is 10.1. The zero-order valence-electron chi connectivity index (χ0n) is 17.3. The summed E-state index contributed by atoms with van der Waals surface area (Å²) < 4.78 is 19.0. The molecule has 1 aliphatic heterocycles. The molecule has 1 saturated heterocycles. The van der Waals surface area contributed by atoms with Crippen LogP contribution in [0.1, 0.15) is 6.92 Å². The third kappa shape index (κ3) is 5.11. The van der Waals surface area contributed by atoms with Crippen LogP contribution in [-0.2, 0) is 4.79 Å². The molecule has 3 aromatic rings. The highest BCUT2D eigenvalue weighted by atomic mass is 35.5. The van der Waals surface area contributed by atoms with E-state index in [1.54, 1.807) is 42.2 Å². The van der Waals surface area contributed by atoms with Crippen LogP contribution < -0.4 is 9.64 Å². The number of halogens is 3. The molecule has 1 unspecified atom stereocenters. The van der Waals surface area contributed by atoms with Crippen LogP contribution in [0.2, 0.25) is 10.0 Å². The van der Waals surface area contributed by atoms with Gasteiger partial charge in [-0.25, -0.2) is 14.4 Å². The highest BCUT2D eigenvalue weighted by Gasteiger charge is 2.27. The summed E-state index contributed by atoms with van der Waals surface area (Å²) >= 11 is 12.1. The zero-order valence-corrected chi connectivity index (χ0v) is 18.9. The number of piperazine rings is 1. The average Bonchev–Trinajstić information content (AvgIpc) is 2.81. The Hall–Kier alpha value is -2.90. The van der Waals surface area contributed by atoms with Crippen LogP contribution in [0.25, 0.3) is 11.3 Å². The first kappa shape index (κ1) is 22.3. The molecule has 0 saturated carbocycles. The summed E-state index contributed by atoms with van der Waals surface area (Å²) in [5.74, 6) is 0.791. The Morgan fingerprint density at radius 2 is 1.75 bits per heavy atom. The molecule has 0 bridgehead atoms. The van der Waals surface area contributed by atoms with Gasteiger partial charge in [0.15, 0.2) is 6.10 Å².